The van der Waals surface area contributed by atoms with E-state index in [-0.39, 0.29) is 11.3 Å². The number of alkyl halides is 1. The van der Waals surface area contributed by atoms with Crippen molar-refractivity contribution in [2.24, 2.45) is 0 Å². The highest BCUT2D eigenvalue weighted by Crippen LogP contribution is 2.25. The largest absolute Gasteiger partial charge is 0.396 e. The van der Waals surface area contributed by atoms with Crippen LogP contribution in [0.3, 0.4) is 0 Å². The lowest BCUT2D eigenvalue weighted by atomic mass is 10.1. The van der Waals surface area contributed by atoms with Gasteiger partial charge in [0.1, 0.15) is 5.82 Å². The number of hydrogen-bond acceptors (Lipinski definition) is 4. The highest BCUT2D eigenvalue weighted by atomic mass is 35.5. The zero-order chi connectivity index (χ0) is 11.6. The van der Waals surface area contributed by atoms with Gasteiger partial charge in [0.05, 0.1) is 22.1 Å². The van der Waals surface area contributed by atoms with Crippen molar-refractivity contribution in [3.05, 3.63) is 33.6 Å². The van der Waals surface area contributed by atoms with E-state index >= 15 is 0 Å². The smallest absolute Gasteiger partial charge is 0.282 e. The molecule has 0 heterocycles. The molecule has 1 aromatic carbocycles. The summed E-state index contributed by atoms with van der Waals surface area (Å²) >= 11 is 5.23. The van der Waals surface area contributed by atoms with Crippen LogP contribution in [-0.4, -0.2) is 16.6 Å². The van der Waals surface area contributed by atoms with Crippen LogP contribution in [0.2, 0.25) is 0 Å². The molecule has 80 valence electrons. The molecule has 0 atom stereocenters. The number of anilines is 1. The van der Waals surface area contributed by atoms with Crippen molar-refractivity contribution in [3.63, 3.8) is 0 Å². The zero-order valence-electron chi connectivity index (χ0n) is 7.37. The van der Waals surface area contributed by atoms with Gasteiger partial charge in [0.15, 0.2) is 5.78 Å². The Labute approximate surface area is 88.8 Å². The average Bonchev–Trinajstić information content (AvgIpc) is 2.20. The van der Waals surface area contributed by atoms with E-state index in [0.29, 0.717) is 0 Å². The van der Waals surface area contributed by atoms with Gasteiger partial charge in [-0.3, -0.25) is 14.9 Å². The third kappa shape index (κ3) is 2.21. The maximum atomic E-state index is 13.0. The molecule has 1 rings (SSSR count). The fourth-order valence-corrected chi connectivity index (χ4v) is 1.17. The predicted molar refractivity (Wildman–Crippen MR) is 52.5 cm³/mol. The standard InChI is InChI=1S/C8H6ClFN2O3/c9-3-8(13)4-1-5(10)6(11)2-7(4)12(14)15/h1-2H,3,11H2. The molecule has 0 aliphatic carbocycles. The topological polar surface area (TPSA) is 86.2 Å². The summed E-state index contributed by atoms with van der Waals surface area (Å²) in [5.74, 6) is -2.05. The number of carbonyl (C=O) groups is 1. The average molecular weight is 233 g/mol. The Kier molecular flexibility index (Phi) is 3.21. The Balaban J connectivity index is 3.41. The van der Waals surface area contributed by atoms with Crippen molar-refractivity contribution in [1.29, 1.82) is 0 Å². The fourth-order valence-electron chi connectivity index (χ4n) is 1.02. The molecule has 0 spiro atoms. The Morgan fingerprint density at radius 1 is 1.60 bits per heavy atom. The summed E-state index contributed by atoms with van der Waals surface area (Å²) in [6, 6.07) is 1.52. The number of rotatable bonds is 3. The summed E-state index contributed by atoms with van der Waals surface area (Å²) in [6.45, 7) is 0. The molecule has 0 aliphatic rings. The van der Waals surface area contributed by atoms with E-state index in [1.165, 1.54) is 0 Å². The number of carbonyl (C=O) groups excluding carboxylic acids is 1. The first kappa shape index (κ1) is 11.4. The second-order valence-electron chi connectivity index (χ2n) is 2.70. The molecule has 0 aliphatic heterocycles. The number of nitrogens with two attached hydrogens (primary N) is 1. The quantitative estimate of drug-likeness (QED) is 0.283. The van der Waals surface area contributed by atoms with Crippen LogP contribution >= 0.6 is 11.6 Å². The van der Waals surface area contributed by atoms with Crippen LogP contribution in [0.15, 0.2) is 12.1 Å². The Bertz CT molecular complexity index is 436. The highest BCUT2D eigenvalue weighted by molar-refractivity contribution is 6.31. The lowest BCUT2D eigenvalue weighted by molar-refractivity contribution is -0.385. The van der Waals surface area contributed by atoms with Crippen molar-refractivity contribution in [3.8, 4) is 0 Å². The molecule has 0 saturated carbocycles. The van der Waals surface area contributed by atoms with Gasteiger partial charge < -0.3 is 5.73 Å². The second kappa shape index (κ2) is 4.22. The number of halogens is 2. The zero-order valence-corrected chi connectivity index (χ0v) is 8.12. The molecule has 5 nitrogen and oxygen atoms in total. The Morgan fingerprint density at radius 3 is 2.67 bits per heavy atom. The number of nitrogens with zero attached hydrogens (tertiary/aromatic N) is 1. The van der Waals surface area contributed by atoms with Crippen molar-refractivity contribution in [2.45, 2.75) is 0 Å². The SMILES string of the molecule is Nc1cc([N+](=O)[O-])c(C(=O)CCl)cc1F. The Morgan fingerprint density at radius 2 is 2.20 bits per heavy atom. The molecular weight excluding hydrogens is 227 g/mol. The van der Waals surface area contributed by atoms with E-state index in [2.05, 4.69) is 0 Å². The minimum atomic E-state index is -0.880. The number of ketones is 1. The number of hydrogen-bond donors (Lipinski definition) is 1. The molecule has 7 heteroatoms. The van der Waals surface area contributed by atoms with E-state index in [1.54, 1.807) is 0 Å². The molecule has 0 unspecified atom stereocenters. The first-order valence-corrected chi connectivity index (χ1v) is 4.33. The summed E-state index contributed by atoms with van der Waals surface area (Å²) < 4.78 is 13.0. The van der Waals surface area contributed by atoms with E-state index in [1.807, 2.05) is 0 Å². The number of nitro benzene ring substituents is 1. The van der Waals surface area contributed by atoms with Gasteiger partial charge >= 0.3 is 0 Å². The second-order valence-corrected chi connectivity index (χ2v) is 2.97. The van der Waals surface area contributed by atoms with Crippen LogP contribution in [-0.2, 0) is 0 Å². The van der Waals surface area contributed by atoms with Gasteiger partial charge in [-0.25, -0.2) is 4.39 Å². The number of nitrogen functional groups attached to an aromatic ring is 1. The molecule has 0 bridgehead atoms. The molecule has 0 amide bonds. The maximum absolute atomic E-state index is 13.0. The monoisotopic (exact) mass is 232 g/mol. The fraction of sp³-hybridized carbons (Fsp3) is 0.125. The van der Waals surface area contributed by atoms with Crippen molar-refractivity contribution >= 4 is 28.8 Å². The molecule has 0 aromatic heterocycles. The first-order valence-electron chi connectivity index (χ1n) is 3.80. The van der Waals surface area contributed by atoms with Gasteiger partial charge in [0.2, 0.25) is 0 Å². The van der Waals surface area contributed by atoms with Gasteiger partial charge in [0.25, 0.3) is 5.69 Å². The van der Waals surface area contributed by atoms with Crippen LogP contribution in [0.5, 0.6) is 0 Å². The minimum absolute atomic E-state index is 0.373. The number of nitro groups is 1. The van der Waals surface area contributed by atoms with Gasteiger partial charge in [0, 0.05) is 6.07 Å². The van der Waals surface area contributed by atoms with Crippen LogP contribution in [0.1, 0.15) is 10.4 Å². The van der Waals surface area contributed by atoms with Crippen LogP contribution < -0.4 is 5.73 Å². The van der Waals surface area contributed by atoms with Crippen LogP contribution in [0.25, 0.3) is 0 Å². The Hall–Kier alpha value is -1.69. The third-order valence-electron chi connectivity index (χ3n) is 1.73. The van der Waals surface area contributed by atoms with Crippen molar-refractivity contribution < 1.29 is 14.1 Å². The molecule has 1 aromatic rings. The molecule has 0 saturated heterocycles. The maximum Gasteiger partial charge on any atom is 0.282 e. The third-order valence-corrected chi connectivity index (χ3v) is 1.98. The van der Waals surface area contributed by atoms with Crippen molar-refractivity contribution in [2.75, 3.05) is 11.6 Å². The number of Topliss-reactive ketones (excluding diaryl/α,β-unsaturated/α-hetero) is 1. The van der Waals surface area contributed by atoms with Gasteiger partial charge in [-0.1, -0.05) is 0 Å². The lowest BCUT2D eigenvalue weighted by Gasteiger charge is -2.02. The predicted octanol–water partition coefficient (Wildman–Crippen LogP) is 1.74. The minimum Gasteiger partial charge on any atom is -0.396 e. The molecule has 15 heavy (non-hydrogen) atoms. The van der Waals surface area contributed by atoms with Gasteiger partial charge in [-0.2, -0.15) is 0 Å². The summed E-state index contributed by atoms with van der Waals surface area (Å²) in [5.41, 5.74) is 3.85. The van der Waals surface area contributed by atoms with Crippen LogP contribution in [0.4, 0.5) is 15.8 Å². The molecule has 2 N–H and O–H groups in total. The summed E-state index contributed by atoms with van der Waals surface area (Å²) in [5, 5.41) is 10.5. The normalized spacial score (nSPS) is 10.0. The first-order chi connectivity index (χ1) is 6.97. The van der Waals surface area contributed by atoms with E-state index in [9.17, 15) is 19.3 Å². The van der Waals surface area contributed by atoms with E-state index in [0.717, 1.165) is 12.1 Å². The lowest BCUT2D eigenvalue weighted by Crippen LogP contribution is -2.07. The summed E-state index contributed by atoms with van der Waals surface area (Å²) in [4.78, 5) is 20.9. The van der Waals surface area contributed by atoms with E-state index in [4.69, 9.17) is 17.3 Å². The summed E-state index contributed by atoms with van der Waals surface area (Å²) in [6.07, 6.45) is 0. The van der Waals surface area contributed by atoms with E-state index < -0.39 is 28.1 Å². The molecule has 0 fully saturated rings. The summed E-state index contributed by atoms with van der Waals surface area (Å²) in [7, 11) is 0. The van der Waals surface area contributed by atoms with Gasteiger partial charge in [-0.15, -0.1) is 11.6 Å². The van der Waals surface area contributed by atoms with Gasteiger partial charge in [-0.05, 0) is 6.07 Å². The highest BCUT2D eigenvalue weighted by Gasteiger charge is 2.21. The molecular formula is C8H6ClFN2O3. The van der Waals surface area contributed by atoms with Crippen molar-refractivity contribution in [1.82, 2.24) is 0 Å². The van der Waals surface area contributed by atoms with Crippen LogP contribution in [0, 0.1) is 15.9 Å². The molecule has 0 radical (unpaired) electrons. The number of benzene rings is 1.